The van der Waals surface area contributed by atoms with Crippen molar-refractivity contribution in [2.45, 2.75) is 58.3 Å². The Morgan fingerprint density at radius 1 is 0.727 bits per heavy atom. The fourth-order valence-electron chi connectivity index (χ4n) is 1.76. The molecule has 0 atom stereocenters. The molecule has 0 saturated heterocycles. The van der Waals surface area contributed by atoms with Crippen molar-refractivity contribution in [2.75, 3.05) is 0 Å². The topological polar surface area (TPSA) is 71.4 Å². The van der Waals surface area contributed by atoms with Crippen molar-refractivity contribution < 1.29 is 19.5 Å². The van der Waals surface area contributed by atoms with Crippen LogP contribution in [0.4, 0.5) is 0 Å². The first-order valence-electron chi connectivity index (χ1n) is 7.85. The van der Waals surface area contributed by atoms with Crippen LogP contribution < -0.4 is 0 Å². The van der Waals surface area contributed by atoms with Gasteiger partial charge in [-0.1, -0.05) is 50.5 Å². The maximum atomic E-state index is 11.5. The molecule has 0 aromatic heterocycles. The lowest BCUT2D eigenvalue weighted by atomic mass is 10.1. The minimum absolute atomic E-state index is 0.0769. The van der Waals surface area contributed by atoms with E-state index in [1.807, 2.05) is 0 Å². The molecule has 0 aliphatic carbocycles. The first-order valence-corrected chi connectivity index (χ1v) is 7.85. The van der Waals surface area contributed by atoms with Gasteiger partial charge < -0.3 is 5.11 Å². The Morgan fingerprint density at radius 2 is 1.23 bits per heavy atom. The summed E-state index contributed by atoms with van der Waals surface area (Å²) in [5.41, 5.74) is 0. The summed E-state index contributed by atoms with van der Waals surface area (Å²) in [6, 6.07) is 0. The number of carbonyl (C=O) groups is 3. The average molecular weight is 306 g/mol. The molecule has 0 aromatic carbocycles. The number of ketones is 2. The summed E-state index contributed by atoms with van der Waals surface area (Å²) in [6.45, 7) is 1.81. The summed E-state index contributed by atoms with van der Waals surface area (Å²) < 4.78 is 0. The number of aliphatic carboxylic acids is 1. The van der Waals surface area contributed by atoms with E-state index in [0.29, 0.717) is 19.3 Å². The molecule has 0 spiro atoms. The molecule has 0 amide bonds. The number of carboxylic acids is 1. The molecule has 0 rings (SSSR count). The number of hydrogen-bond acceptors (Lipinski definition) is 3. The minimum atomic E-state index is -0.748. The second-order valence-electron chi connectivity index (χ2n) is 5.05. The summed E-state index contributed by atoms with van der Waals surface area (Å²) in [5, 5.41) is 8.49. The summed E-state index contributed by atoms with van der Waals surface area (Å²) in [4.78, 5) is 32.8. The fourth-order valence-corrected chi connectivity index (χ4v) is 1.76. The van der Waals surface area contributed by atoms with E-state index in [9.17, 15) is 14.4 Å². The van der Waals surface area contributed by atoms with Crippen LogP contribution in [0.3, 0.4) is 0 Å². The second kappa shape index (κ2) is 14.0. The number of unbranched alkanes of at least 4 members (excludes halogenated alkanes) is 4. The molecule has 0 heterocycles. The van der Waals surface area contributed by atoms with E-state index in [2.05, 4.69) is 0 Å². The first-order chi connectivity index (χ1) is 10.6. The summed E-state index contributed by atoms with van der Waals surface area (Å²) in [7, 11) is 0. The molecule has 4 heteroatoms. The van der Waals surface area contributed by atoms with Crippen molar-refractivity contribution in [1.82, 2.24) is 0 Å². The zero-order valence-electron chi connectivity index (χ0n) is 13.3. The predicted molar refractivity (Wildman–Crippen MR) is 87.7 cm³/mol. The number of rotatable bonds is 13. The van der Waals surface area contributed by atoms with Gasteiger partial charge >= 0.3 is 5.97 Å². The molecule has 0 saturated carbocycles. The van der Waals surface area contributed by atoms with E-state index in [1.54, 1.807) is 31.2 Å². The molecule has 0 aromatic rings. The third kappa shape index (κ3) is 14.4. The zero-order valence-corrected chi connectivity index (χ0v) is 13.3. The van der Waals surface area contributed by atoms with Crippen LogP contribution in [0.25, 0.3) is 0 Å². The summed E-state index contributed by atoms with van der Waals surface area (Å²) in [5.74, 6) is -0.584. The molecule has 1 N–H and O–H groups in total. The van der Waals surface area contributed by atoms with Gasteiger partial charge in [0.25, 0.3) is 0 Å². The maximum Gasteiger partial charge on any atom is 0.303 e. The van der Waals surface area contributed by atoms with E-state index in [4.69, 9.17) is 5.11 Å². The van der Waals surface area contributed by atoms with Crippen LogP contribution in [0, 0.1) is 0 Å². The van der Waals surface area contributed by atoms with Crippen LogP contribution in [-0.2, 0) is 14.4 Å². The van der Waals surface area contributed by atoms with Crippen molar-refractivity contribution >= 4 is 17.5 Å². The van der Waals surface area contributed by atoms with E-state index in [-0.39, 0.29) is 18.0 Å². The number of carbonyl (C=O) groups excluding carboxylic acids is 2. The number of allylic oxidation sites excluding steroid dienone is 6. The lowest BCUT2D eigenvalue weighted by molar-refractivity contribution is -0.137. The molecule has 4 nitrogen and oxygen atoms in total. The second-order valence-corrected chi connectivity index (χ2v) is 5.05. The van der Waals surface area contributed by atoms with Crippen molar-refractivity contribution in [3.63, 3.8) is 0 Å². The zero-order chi connectivity index (χ0) is 16.6. The van der Waals surface area contributed by atoms with Gasteiger partial charge in [-0.15, -0.1) is 0 Å². The van der Waals surface area contributed by atoms with Gasteiger partial charge in [0.15, 0.2) is 11.6 Å². The molecule has 22 heavy (non-hydrogen) atoms. The Balaban J connectivity index is 3.62. The third-order valence-corrected chi connectivity index (χ3v) is 3.06. The third-order valence-electron chi connectivity index (χ3n) is 3.06. The van der Waals surface area contributed by atoms with Gasteiger partial charge in [-0.3, -0.25) is 14.4 Å². The van der Waals surface area contributed by atoms with Crippen molar-refractivity contribution in [2.24, 2.45) is 0 Å². The van der Waals surface area contributed by atoms with Crippen molar-refractivity contribution in [3.05, 3.63) is 36.5 Å². The van der Waals surface area contributed by atoms with Gasteiger partial charge in [-0.25, -0.2) is 0 Å². The Hall–Kier alpha value is -1.97. The molecular weight excluding hydrogens is 280 g/mol. The highest BCUT2D eigenvalue weighted by atomic mass is 16.4. The predicted octanol–water partition coefficient (Wildman–Crippen LogP) is 4.02. The average Bonchev–Trinajstić information content (AvgIpc) is 2.49. The van der Waals surface area contributed by atoms with Crippen LogP contribution in [0.15, 0.2) is 36.5 Å². The monoisotopic (exact) mass is 306 g/mol. The molecule has 0 aliphatic rings. The molecular formula is C18H26O4. The van der Waals surface area contributed by atoms with E-state index in [0.717, 1.165) is 25.7 Å². The minimum Gasteiger partial charge on any atom is -0.481 e. The Kier molecular flexibility index (Phi) is 12.7. The molecule has 0 bridgehead atoms. The molecule has 0 radical (unpaired) electrons. The van der Waals surface area contributed by atoms with Crippen LogP contribution in [0.1, 0.15) is 58.3 Å². The molecule has 122 valence electrons. The van der Waals surface area contributed by atoms with Gasteiger partial charge in [0.1, 0.15) is 0 Å². The van der Waals surface area contributed by atoms with Crippen molar-refractivity contribution in [3.8, 4) is 0 Å². The van der Waals surface area contributed by atoms with Gasteiger partial charge in [-0.05, 0) is 25.0 Å². The highest BCUT2D eigenvalue weighted by molar-refractivity contribution is 5.90. The van der Waals surface area contributed by atoms with Crippen LogP contribution in [0.5, 0.6) is 0 Å². The van der Waals surface area contributed by atoms with Crippen molar-refractivity contribution in [1.29, 1.82) is 0 Å². The van der Waals surface area contributed by atoms with Gasteiger partial charge in [-0.2, -0.15) is 0 Å². The molecule has 0 aliphatic heterocycles. The van der Waals surface area contributed by atoms with E-state index >= 15 is 0 Å². The highest BCUT2D eigenvalue weighted by Crippen LogP contribution is 2.07. The van der Waals surface area contributed by atoms with Crippen LogP contribution in [-0.4, -0.2) is 22.6 Å². The number of carboxylic acid groups (broad SMARTS) is 1. The van der Waals surface area contributed by atoms with E-state index < -0.39 is 5.97 Å². The fraction of sp³-hybridized carbons (Fsp3) is 0.500. The lowest BCUT2D eigenvalue weighted by Gasteiger charge is -1.98. The standard InChI is InChI=1S/C18H26O4/c1-2-16(19)12-8-6-7-10-14-17(20)13-9-4-3-5-11-15-18(21)22/h6-8,10,12,14H,2-5,9,11,13,15H2,1H3,(H,21,22)/b7-6+,12-8-,14-10+. The normalized spacial score (nSPS) is 11.7. The Morgan fingerprint density at radius 3 is 1.77 bits per heavy atom. The number of hydrogen-bond donors (Lipinski definition) is 1. The largest absolute Gasteiger partial charge is 0.481 e. The highest BCUT2D eigenvalue weighted by Gasteiger charge is 1.98. The molecule has 0 unspecified atom stereocenters. The summed E-state index contributed by atoms with van der Waals surface area (Å²) in [6.07, 6.45) is 15.5. The lowest BCUT2D eigenvalue weighted by Crippen LogP contribution is -1.94. The van der Waals surface area contributed by atoms with Crippen LogP contribution >= 0.6 is 0 Å². The quantitative estimate of drug-likeness (QED) is 0.317. The van der Waals surface area contributed by atoms with E-state index in [1.165, 1.54) is 12.2 Å². The Labute approximate surface area is 132 Å². The van der Waals surface area contributed by atoms with Gasteiger partial charge in [0.05, 0.1) is 0 Å². The SMILES string of the molecule is CCC(=O)\C=C/C=C/C=C/C(=O)CCCCCCCC(=O)O. The smallest absolute Gasteiger partial charge is 0.303 e. The van der Waals surface area contributed by atoms with Gasteiger partial charge in [0.2, 0.25) is 0 Å². The first kappa shape index (κ1) is 20.0. The maximum absolute atomic E-state index is 11.5. The molecule has 0 fully saturated rings. The van der Waals surface area contributed by atoms with Gasteiger partial charge in [0, 0.05) is 19.3 Å². The Bertz CT molecular complexity index is 430. The van der Waals surface area contributed by atoms with Crippen LogP contribution in [0.2, 0.25) is 0 Å². The summed E-state index contributed by atoms with van der Waals surface area (Å²) >= 11 is 0.